The van der Waals surface area contributed by atoms with Crippen LogP contribution in [0.5, 0.6) is 5.75 Å². The zero-order valence-corrected chi connectivity index (χ0v) is 12.3. The Morgan fingerprint density at radius 1 is 1.05 bits per heavy atom. The Labute approximate surface area is 124 Å². The van der Waals surface area contributed by atoms with Gasteiger partial charge in [0.2, 0.25) is 0 Å². The van der Waals surface area contributed by atoms with E-state index in [2.05, 4.69) is 0 Å². The van der Waals surface area contributed by atoms with Crippen molar-refractivity contribution < 1.29 is 31.1 Å². The van der Waals surface area contributed by atoms with Crippen molar-refractivity contribution in [2.45, 2.75) is 38.7 Å². The van der Waals surface area contributed by atoms with E-state index in [1.807, 2.05) is 0 Å². The highest BCUT2D eigenvalue weighted by atomic mass is 19.4. The van der Waals surface area contributed by atoms with E-state index in [1.54, 1.807) is 13.8 Å². The molecule has 0 aliphatic carbocycles. The lowest BCUT2D eigenvalue weighted by Crippen LogP contribution is -2.21. The minimum Gasteiger partial charge on any atom is -0.496 e. The second kappa shape index (κ2) is 6.36. The zero-order valence-electron chi connectivity index (χ0n) is 12.3. The molecule has 0 unspecified atom stereocenters. The van der Waals surface area contributed by atoms with Gasteiger partial charge in [-0.15, -0.1) is 0 Å². The molecule has 0 aliphatic rings. The Kier molecular flexibility index (Phi) is 5.38. The van der Waals surface area contributed by atoms with E-state index in [4.69, 9.17) is 10.5 Å². The SMILES string of the molecule is COc1cc(C(F)(F)F)cc(C(F)(F)F)c1[C@@H](N)CC(C)C. The fourth-order valence-electron chi connectivity index (χ4n) is 2.20. The number of nitrogens with two attached hydrogens (primary N) is 1. The van der Waals surface area contributed by atoms with Gasteiger partial charge in [0.15, 0.2) is 0 Å². The van der Waals surface area contributed by atoms with E-state index in [0.29, 0.717) is 6.07 Å². The number of methoxy groups -OCH3 is 1. The van der Waals surface area contributed by atoms with Gasteiger partial charge in [-0.05, 0) is 24.5 Å². The van der Waals surface area contributed by atoms with Gasteiger partial charge in [-0.3, -0.25) is 0 Å². The van der Waals surface area contributed by atoms with Crippen LogP contribution in [0.15, 0.2) is 12.1 Å². The molecule has 2 nitrogen and oxygen atoms in total. The van der Waals surface area contributed by atoms with Crippen LogP contribution in [-0.4, -0.2) is 7.11 Å². The van der Waals surface area contributed by atoms with Crippen LogP contribution in [0.3, 0.4) is 0 Å². The number of hydrogen-bond donors (Lipinski definition) is 1. The van der Waals surface area contributed by atoms with Crippen LogP contribution in [0.2, 0.25) is 0 Å². The molecule has 0 radical (unpaired) electrons. The van der Waals surface area contributed by atoms with Crippen molar-refractivity contribution >= 4 is 0 Å². The molecule has 0 aliphatic heterocycles. The maximum atomic E-state index is 13.2. The number of rotatable bonds is 4. The summed E-state index contributed by atoms with van der Waals surface area (Å²) >= 11 is 0. The lowest BCUT2D eigenvalue weighted by Gasteiger charge is -2.24. The Bertz CT molecular complexity index is 521. The van der Waals surface area contributed by atoms with Gasteiger partial charge in [0.25, 0.3) is 0 Å². The average Bonchev–Trinajstić information content (AvgIpc) is 2.33. The first-order valence-electron chi connectivity index (χ1n) is 6.49. The van der Waals surface area contributed by atoms with Gasteiger partial charge in [0.1, 0.15) is 5.75 Å². The minimum absolute atomic E-state index is 0.0249. The summed E-state index contributed by atoms with van der Waals surface area (Å²) in [5.41, 5.74) is 2.49. The molecule has 0 saturated carbocycles. The lowest BCUT2D eigenvalue weighted by molar-refractivity contribution is -0.143. The van der Waals surface area contributed by atoms with Gasteiger partial charge in [-0.25, -0.2) is 0 Å². The summed E-state index contributed by atoms with van der Waals surface area (Å²) in [5.74, 6) is -0.529. The largest absolute Gasteiger partial charge is 0.496 e. The molecular weight excluding hydrogens is 312 g/mol. The molecule has 22 heavy (non-hydrogen) atoms. The molecule has 0 saturated heterocycles. The number of ether oxygens (including phenoxy) is 1. The second-order valence-corrected chi connectivity index (χ2v) is 5.37. The van der Waals surface area contributed by atoms with E-state index in [0.717, 1.165) is 7.11 Å². The Balaban J connectivity index is 3.59. The molecule has 1 atom stereocenters. The summed E-state index contributed by atoms with van der Waals surface area (Å²) in [6.07, 6.45) is -9.68. The summed E-state index contributed by atoms with van der Waals surface area (Å²) < 4.78 is 82.5. The summed E-state index contributed by atoms with van der Waals surface area (Å²) in [4.78, 5) is 0. The fraction of sp³-hybridized carbons (Fsp3) is 0.571. The normalized spacial score (nSPS) is 14.3. The van der Waals surface area contributed by atoms with E-state index >= 15 is 0 Å². The van der Waals surface area contributed by atoms with E-state index in [1.165, 1.54) is 0 Å². The average molecular weight is 329 g/mol. The zero-order chi connectivity index (χ0) is 17.3. The molecule has 1 aromatic carbocycles. The monoisotopic (exact) mass is 329 g/mol. The minimum atomic E-state index is -4.96. The molecule has 0 heterocycles. The van der Waals surface area contributed by atoms with Crippen LogP contribution in [0.25, 0.3) is 0 Å². The smallest absolute Gasteiger partial charge is 0.416 e. The molecule has 126 valence electrons. The first kappa shape index (κ1) is 18.6. The van der Waals surface area contributed by atoms with Crippen molar-refractivity contribution in [2.24, 2.45) is 11.7 Å². The molecule has 8 heteroatoms. The predicted molar refractivity (Wildman–Crippen MR) is 69.4 cm³/mol. The Morgan fingerprint density at radius 3 is 1.95 bits per heavy atom. The molecular formula is C14H17F6NO. The van der Waals surface area contributed by atoms with Crippen LogP contribution in [-0.2, 0) is 12.4 Å². The lowest BCUT2D eigenvalue weighted by atomic mass is 9.91. The third-order valence-electron chi connectivity index (χ3n) is 3.09. The van der Waals surface area contributed by atoms with E-state index in [-0.39, 0.29) is 18.4 Å². The Morgan fingerprint density at radius 2 is 1.59 bits per heavy atom. The standard InChI is InChI=1S/C14H17F6NO/c1-7(2)4-10(21)12-9(14(18,19)20)5-8(13(15,16)17)6-11(12)22-3/h5-7,10H,4,21H2,1-3H3/t10-/m0/s1. The van der Waals surface area contributed by atoms with Gasteiger partial charge < -0.3 is 10.5 Å². The third-order valence-corrected chi connectivity index (χ3v) is 3.09. The molecule has 0 amide bonds. The number of hydrogen-bond acceptors (Lipinski definition) is 2. The van der Waals surface area contributed by atoms with Gasteiger partial charge in [0.05, 0.1) is 18.2 Å². The summed E-state index contributed by atoms with van der Waals surface area (Å²) in [6.45, 7) is 3.51. The van der Waals surface area contributed by atoms with Gasteiger partial charge in [-0.2, -0.15) is 26.3 Å². The molecule has 0 spiro atoms. The van der Waals surface area contributed by atoms with Gasteiger partial charge in [-0.1, -0.05) is 13.8 Å². The topological polar surface area (TPSA) is 35.2 Å². The van der Waals surface area contributed by atoms with Crippen LogP contribution >= 0.6 is 0 Å². The van der Waals surface area contributed by atoms with Crippen molar-refractivity contribution in [3.05, 3.63) is 28.8 Å². The molecule has 2 N–H and O–H groups in total. The Hall–Kier alpha value is -1.44. The maximum Gasteiger partial charge on any atom is 0.416 e. The van der Waals surface area contributed by atoms with Gasteiger partial charge in [0, 0.05) is 11.6 Å². The highest BCUT2D eigenvalue weighted by Gasteiger charge is 2.41. The van der Waals surface area contributed by atoms with Crippen molar-refractivity contribution in [1.82, 2.24) is 0 Å². The van der Waals surface area contributed by atoms with Crippen molar-refractivity contribution in [1.29, 1.82) is 0 Å². The second-order valence-electron chi connectivity index (χ2n) is 5.37. The molecule has 0 fully saturated rings. The molecule has 0 bridgehead atoms. The third kappa shape index (κ3) is 4.28. The van der Waals surface area contributed by atoms with E-state index < -0.39 is 40.8 Å². The molecule has 1 aromatic rings. The van der Waals surface area contributed by atoms with Crippen LogP contribution in [0.4, 0.5) is 26.3 Å². The highest BCUT2D eigenvalue weighted by Crippen LogP contribution is 2.44. The number of halogens is 6. The first-order valence-corrected chi connectivity index (χ1v) is 6.49. The van der Waals surface area contributed by atoms with Crippen LogP contribution in [0, 0.1) is 5.92 Å². The summed E-state index contributed by atoms with van der Waals surface area (Å²) in [6, 6.07) is -0.447. The van der Waals surface area contributed by atoms with Crippen LogP contribution in [0.1, 0.15) is 43.0 Å². The summed E-state index contributed by atoms with van der Waals surface area (Å²) in [5, 5.41) is 0. The fourth-order valence-corrected chi connectivity index (χ4v) is 2.20. The van der Waals surface area contributed by atoms with Gasteiger partial charge >= 0.3 is 12.4 Å². The predicted octanol–water partition coefficient (Wildman–Crippen LogP) is 4.78. The van der Waals surface area contributed by atoms with Crippen molar-refractivity contribution in [3.8, 4) is 5.75 Å². The van der Waals surface area contributed by atoms with E-state index in [9.17, 15) is 26.3 Å². The summed E-state index contributed by atoms with van der Waals surface area (Å²) in [7, 11) is 1.02. The van der Waals surface area contributed by atoms with Crippen LogP contribution < -0.4 is 10.5 Å². The first-order chi connectivity index (χ1) is 9.87. The molecule has 0 aromatic heterocycles. The quantitative estimate of drug-likeness (QED) is 0.807. The highest BCUT2D eigenvalue weighted by molar-refractivity contribution is 5.48. The molecule has 1 rings (SSSR count). The maximum absolute atomic E-state index is 13.2. The number of benzene rings is 1. The number of alkyl halides is 6. The van der Waals surface area contributed by atoms with Crippen molar-refractivity contribution in [2.75, 3.05) is 7.11 Å². The van der Waals surface area contributed by atoms with Crippen molar-refractivity contribution in [3.63, 3.8) is 0 Å².